The molecular weight excluding hydrogens is 1570 g/mol. The first-order chi connectivity index (χ1) is 53.0. The number of nitrogens with zero attached hydrogens (tertiary/aromatic N) is 8. The third kappa shape index (κ3) is 18.8. The van der Waals surface area contributed by atoms with Crippen molar-refractivity contribution in [2.45, 2.75) is 145 Å². The van der Waals surface area contributed by atoms with Crippen LogP contribution in [0.5, 0.6) is 0 Å². The Hall–Kier alpha value is -7.78. The summed E-state index contributed by atoms with van der Waals surface area (Å²) < 4.78 is 110. The molecular formula is C78H93Cl4F6N13O10S. The minimum absolute atomic E-state index is 0.0212. The van der Waals surface area contributed by atoms with Crippen molar-refractivity contribution < 1.29 is 74.9 Å². The molecule has 8 heterocycles. The number of aliphatic hydroxyl groups is 4. The molecule has 1 aliphatic carbocycles. The summed E-state index contributed by atoms with van der Waals surface area (Å²) in [6, 6.07) is 20.8. The highest BCUT2D eigenvalue weighted by Gasteiger charge is 2.52. The Morgan fingerprint density at radius 1 is 0.518 bits per heavy atom. The molecule has 5 aliphatic rings. The quantitative estimate of drug-likeness (QED) is 0.0285. The normalized spacial score (nSPS) is 18.6. The average molecular weight is 1660 g/mol. The first kappa shape index (κ1) is 85.1. The van der Waals surface area contributed by atoms with Crippen LogP contribution in [0.2, 0.25) is 20.1 Å². The van der Waals surface area contributed by atoms with Crippen molar-refractivity contribution in [3.63, 3.8) is 0 Å². The number of hydrogen-bond donors (Lipinski definition) is 9. The molecule has 1 saturated carbocycles. The number of aromatic nitrogens is 8. The molecule has 4 aliphatic heterocycles. The number of amides is 5. The molecule has 5 amide bonds. The number of aromatic amines is 4. The molecule has 34 heteroatoms. The Kier molecular flexibility index (Phi) is 27.0. The van der Waals surface area contributed by atoms with E-state index in [1.807, 2.05) is 26.0 Å². The molecule has 4 saturated heterocycles. The third-order valence-electron chi connectivity index (χ3n) is 22.7. The Morgan fingerprint density at radius 2 is 0.848 bits per heavy atom. The molecule has 5 atom stereocenters. The van der Waals surface area contributed by atoms with Gasteiger partial charge in [-0.05, 0) is 142 Å². The second kappa shape index (κ2) is 35.5. The van der Waals surface area contributed by atoms with Gasteiger partial charge in [0.25, 0.3) is 17.8 Å². The second-order valence-corrected chi connectivity index (χ2v) is 34.3. The maximum absolute atomic E-state index is 15.1. The molecule has 5 aromatic carbocycles. The van der Waals surface area contributed by atoms with Gasteiger partial charge in [0, 0.05) is 158 Å². The van der Waals surface area contributed by atoms with Crippen LogP contribution in [-0.4, -0.2) is 198 Å². The van der Waals surface area contributed by atoms with Gasteiger partial charge in [0.2, 0.25) is 17.7 Å². The van der Waals surface area contributed by atoms with Crippen LogP contribution in [0.3, 0.4) is 0 Å². The van der Waals surface area contributed by atoms with Gasteiger partial charge in [-0.3, -0.25) is 39.5 Å². The number of rotatable bonds is 18. The molecule has 112 heavy (non-hydrogen) atoms. The maximum Gasteiger partial charge on any atom is 0.329 e. The summed E-state index contributed by atoms with van der Waals surface area (Å²) in [6.45, 7) is 10.2. The van der Waals surface area contributed by atoms with E-state index in [0.717, 1.165) is 35.7 Å². The fraction of sp³-hybridized carbons (Fsp3) is 0.500. The minimum atomic E-state index is -3.36. The van der Waals surface area contributed by atoms with Gasteiger partial charge < -0.3 is 44.8 Å². The highest BCUT2D eigenvalue weighted by Crippen LogP contribution is 2.50. The number of carbonyl (C=O) groups is 4. The van der Waals surface area contributed by atoms with Gasteiger partial charge in [-0.1, -0.05) is 98.7 Å². The molecule has 14 rings (SSSR count). The zero-order chi connectivity index (χ0) is 80.9. The van der Waals surface area contributed by atoms with Crippen LogP contribution < -0.4 is 4.72 Å². The number of hydrogen-bond acceptors (Lipinski definition) is 14. The first-order valence-electron chi connectivity index (χ1n) is 37.2. The number of urea groups is 1. The van der Waals surface area contributed by atoms with Crippen molar-refractivity contribution in [2.75, 3.05) is 66.1 Å². The van der Waals surface area contributed by atoms with Crippen LogP contribution in [0.25, 0.3) is 43.6 Å². The molecule has 5 fully saturated rings. The van der Waals surface area contributed by atoms with Gasteiger partial charge in [-0.2, -0.15) is 20.4 Å². The molecule has 0 spiro atoms. The lowest BCUT2D eigenvalue weighted by Gasteiger charge is -2.43. The van der Waals surface area contributed by atoms with Crippen LogP contribution in [0.15, 0.2) is 109 Å². The van der Waals surface area contributed by atoms with E-state index in [-0.39, 0.29) is 145 Å². The zero-order valence-corrected chi connectivity index (χ0v) is 66.3. The molecule has 9 N–H and O–H groups in total. The highest BCUT2D eigenvalue weighted by atomic mass is 35.5. The first-order valence-corrected chi connectivity index (χ1v) is 40.5. The Bertz CT molecular complexity index is 4880. The lowest BCUT2D eigenvalue weighted by atomic mass is 9.68. The molecule has 606 valence electrons. The predicted molar refractivity (Wildman–Crippen MR) is 418 cm³/mol. The van der Waals surface area contributed by atoms with Crippen molar-refractivity contribution in [1.82, 2.24) is 65.1 Å². The van der Waals surface area contributed by atoms with E-state index in [4.69, 9.17) is 51.1 Å². The van der Waals surface area contributed by atoms with Crippen molar-refractivity contribution >= 4 is 129 Å². The monoisotopic (exact) mass is 1660 g/mol. The van der Waals surface area contributed by atoms with Gasteiger partial charge in [-0.15, -0.1) is 0 Å². The van der Waals surface area contributed by atoms with Crippen molar-refractivity contribution in [3.05, 3.63) is 146 Å². The number of H-pyrrole nitrogens is 4. The van der Waals surface area contributed by atoms with E-state index in [9.17, 15) is 52.6 Å². The van der Waals surface area contributed by atoms with Gasteiger partial charge in [0.1, 0.15) is 24.9 Å². The second-order valence-electron chi connectivity index (χ2n) is 30.5. The number of piperidine rings is 4. The van der Waals surface area contributed by atoms with E-state index in [2.05, 4.69) is 51.4 Å². The summed E-state index contributed by atoms with van der Waals surface area (Å²) in [7, 11) is -1.51. The van der Waals surface area contributed by atoms with E-state index >= 15 is 17.6 Å². The fourth-order valence-corrected chi connectivity index (χ4v) is 17.7. The lowest BCUT2D eigenvalue weighted by molar-refractivity contribution is -0.165. The van der Waals surface area contributed by atoms with Crippen LogP contribution in [0.4, 0.5) is 31.1 Å². The summed E-state index contributed by atoms with van der Waals surface area (Å²) in [5.74, 6) is -9.39. The van der Waals surface area contributed by atoms with Gasteiger partial charge in [0.05, 0.1) is 62.7 Å². The van der Waals surface area contributed by atoms with Crippen LogP contribution >= 0.6 is 46.4 Å². The number of aliphatic hydroxyl groups excluding tert-OH is 4. The summed E-state index contributed by atoms with van der Waals surface area (Å²) in [5, 5.41) is 73.2. The van der Waals surface area contributed by atoms with Gasteiger partial charge >= 0.3 is 6.03 Å². The highest BCUT2D eigenvalue weighted by molar-refractivity contribution is 7.99. The summed E-state index contributed by atoms with van der Waals surface area (Å²) in [5.41, 5.74) is 2.21. The number of nitrogens with one attached hydrogen (secondary N) is 5. The van der Waals surface area contributed by atoms with Gasteiger partial charge in [0.15, 0.2) is 0 Å². The van der Waals surface area contributed by atoms with E-state index in [1.165, 1.54) is 48.8 Å². The van der Waals surface area contributed by atoms with Crippen molar-refractivity contribution in [3.8, 4) is 0 Å². The lowest BCUT2D eigenvalue weighted by Crippen LogP contribution is -2.48. The van der Waals surface area contributed by atoms with Crippen LogP contribution in [0.1, 0.15) is 145 Å². The molecule has 9 aromatic rings. The standard InChI is InChI=1S/C24H29ClN4O3S.C19H22ClF2N3O2.C18H22ClF2N3O2.C17H20ClF2N3O3/c1-24(2,22(30)20-14-18(25)13-16-15-26-27-21(16)20)17-9-11-29(12-10-17)23(31)28-33(3,32)19-7-5-4-6-8-19;20-14-8-12-10-23-24-16(12)15(9-14)17(26)19(21,22)13-4-6-25(7-5-13)18(27)11-2-1-3-11;1-10(2)17(26)24-5-3-12(4-6-24)18(20,21)16(25)14-8-13(19)7-11-9-22-23-15(11)14;1-26-9-14(24)23-4-2-11(3-5-23)17(19,20)16(25)13-7-12(18)6-10-8-21-22-15(10)13/h4-8,13-15,17,22,30H,3,9-12H2,1-2H3,(H,26,27)(H,28,31,32);8-11,13,17,26H,1-7H2,(H,23,24);7-10,12,16,25H,3-6H2,1-2H3,(H,22,23);6-8,11,16,25H,2-5,9H2,1H3,(H,21,22). The summed E-state index contributed by atoms with van der Waals surface area (Å²) in [4.78, 5) is 55.9. The molecule has 5 unspecified atom stereocenters. The van der Waals surface area contributed by atoms with Crippen molar-refractivity contribution in [1.29, 1.82) is 0 Å². The number of likely N-dealkylation sites (tertiary alicyclic amines) is 4. The predicted octanol–water partition coefficient (Wildman–Crippen LogP) is 14.9. The number of ether oxygens (including phenoxy) is 1. The average Bonchev–Trinajstić information content (AvgIpc) is 1.37. The Labute approximate surface area is 663 Å². The number of halogens is 10. The van der Waals surface area contributed by atoms with E-state index in [0.29, 0.717) is 81.6 Å². The molecule has 4 aromatic heterocycles. The van der Waals surface area contributed by atoms with E-state index < -0.39 is 75.1 Å². The number of alkyl halides is 6. The summed E-state index contributed by atoms with van der Waals surface area (Å²) in [6.07, 6.45) is 4.52. The largest absolute Gasteiger partial charge is 0.388 e. The number of fused-ring (bicyclic) bond motifs is 4. The smallest absolute Gasteiger partial charge is 0.329 e. The minimum Gasteiger partial charge on any atom is -0.388 e. The molecule has 23 nitrogen and oxygen atoms in total. The van der Waals surface area contributed by atoms with Crippen LogP contribution in [0, 0.1) is 40.9 Å². The molecule has 0 bridgehead atoms. The zero-order valence-electron chi connectivity index (χ0n) is 62.4. The van der Waals surface area contributed by atoms with Gasteiger partial charge in [-0.25, -0.2) is 35.3 Å². The van der Waals surface area contributed by atoms with Crippen molar-refractivity contribution in [2.24, 2.45) is 40.9 Å². The fourth-order valence-electron chi connectivity index (χ4n) is 15.7. The number of carbonyl (C=O) groups excluding carboxylic acids is 4. The topological polar surface area (TPSA) is 315 Å². The number of benzene rings is 5. The van der Waals surface area contributed by atoms with Crippen LogP contribution in [-0.2, 0) is 28.8 Å². The maximum atomic E-state index is 15.1. The summed E-state index contributed by atoms with van der Waals surface area (Å²) >= 11 is 24.3. The van der Waals surface area contributed by atoms with E-state index in [1.54, 1.807) is 83.3 Å². The SMILES string of the molecule is C=S(=O)(NC(=O)N1CCC(C(C)(C)C(O)c2cc(Cl)cc3cn[nH]c23)CC1)c1ccccc1.CC(C)C(=O)N1CCC(C(F)(F)C(O)c2cc(Cl)cc3cn[nH]c23)CC1.COCC(=O)N1CCC(C(F)(F)C(O)c2cc(Cl)cc3cn[nH]c23)CC1.O=C(C1CCC1)N1CCC(C(F)(F)C(O)c2cc(Cl)cc3cn[nH]c23)CC1. The Morgan fingerprint density at radius 3 is 1.19 bits per heavy atom. The number of methoxy groups -OCH3 is 1. The third-order valence-corrected chi connectivity index (χ3v) is 25.1. The Balaban J connectivity index is 0.000000148. The molecule has 0 radical (unpaired) electrons.